The van der Waals surface area contributed by atoms with Gasteiger partial charge in [-0.2, -0.15) is 5.10 Å². The Bertz CT molecular complexity index is 1060. The van der Waals surface area contributed by atoms with Gasteiger partial charge in [-0.1, -0.05) is 30.3 Å². The number of H-pyrrole nitrogens is 1. The Labute approximate surface area is 193 Å². The molecule has 1 aliphatic rings. The number of amides is 1. The molecule has 0 bridgehead atoms. The van der Waals surface area contributed by atoms with Crippen LogP contribution in [0.1, 0.15) is 54.4 Å². The maximum absolute atomic E-state index is 13.3. The largest absolute Gasteiger partial charge is 0.493 e. The van der Waals surface area contributed by atoms with Crippen LogP contribution < -0.4 is 4.74 Å². The van der Waals surface area contributed by atoms with E-state index < -0.39 is 5.97 Å². The SMILES string of the molecule is O=C(O)CCCCCOc1ccccc1CN(C(=O)c1ccc(-c2cn[nH]c2)cc1)C1CC1. The molecule has 4 rings (SSSR count). The van der Waals surface area contributed by atoms with E-state index in [9.17, 15) is 9.59 Å². The van der Waals surface area contributed by atoms with Crippen LogP contribution in [0.2, 0.25) is 0 Å². The number of nitrogens with one attached hydrogen (secondary N) is 1. The van der Waals surface area contributed by atoms with Crippen molar-refractivity contribution < 1.29 is 19.4 Å². The normalized spacial score (nSPS) is 13.0. The zero-order valence-electron chi connectivity index (χ0n) is 18.6. The lowest BCUT2D eigenvalue weighted by Gasteiger charge is -2.24. The molecule has 0 saturated heterocycles. The molecule has 1 aliphatic carbocycles. The molecule has 7 heteroatoms. The Kier molecular flexibility index (Phi) is 7.40. The molecule has 1 amide bonds. The number of carbonyl (C=O) groups excluding carboxylic acids is 1. The Morgan fingerprint density at radius 2 is 1.82 bits per heavy atom. The third-order valence-corrected chi connectivity index (χ3v) is 5.82. The highest BCUT2D eigenvalue weighted by atomic mass is 16.5. The number of aliphatic carboxylic acids is 1. The summed E-state index contributed by atoms with van der Waals surface area (Å²) < 4.78 is 5.99. The zero-order chi connectivity index (χ0) is 23.0. The summed E-state index contributed by atoms with van der Waals surface area (Å²) in [5.74, 6) is 0.0476. The molecule has 2 aromatic carbocycles. The maximum atomic E-state index is 13.3. The molecule has 0 aliphatic heterocycles. The van der Waals surface area contributed by atoms with Gasteiger partial charge in [0.2, 0.25) is 0 Å². The van der Waals surface area contributed by atoms with Crippen molar-refractivity contribution in [3.63, 3.8) is 0 Å². The minimum absolute atomic E-state index is 0.0275. The van der Waals surface area contributed by atoms with E-state index >= 15 is 0 Å². The number of carbonyl (C=O) groups is 2. The van der Waals surface area contributed by atoms with E-state index in [1.54, 1.807) is 6.20 Å². The van der Waals surface area contributed by atoms with Gasteiger partial charge in [-0.05, 0) is 55.9 Å². The lowest BCUT2D eigenvalue weighted by atomic mass is 10.1. The van der Waals surface area contributed by atoms with Crippen molar-refractivity contribution >= 4 is 11.9 Å². The Hall–Kier alpha value is -3.61. The van der Waals surface area contributed by atoms with Gasteiger partial charge < -0.3 is 14.7 Å². The summed E-state index contributed by atoms with van der Waals surface area (Å²) in [5, 5.41) is 15.5. The number of ether oxygens (including phenoxy) is 1. The number of para-hydroxylation sites is 1. The van der Waals surface area contributed by atoms with E-state index in [-0.39, 0.29) is 18.4 Å². The third-order valence-electron chi connectivity index (χ3n) is 5.82. The Morgan fingerprint density at radius 1 is 1.03 bits per heavy atom. The van der Waals surface area contributed by atoms with Gasteiger partial charge in [0, 0.05) is 41.9 Å². The molecular weight excluding hydrogens is 418 g/mol. The molecule has 172 valence electrons. The molecule has 0 radical (unpaired) electrons. The predicted octanol–water partition coefficient (Wildman–Crippen LogP) is 4.91. The first-order chi connectivity index (χ1) is 16.1. The van der Waals surface area contributed by atoms with Crippen LogP contribution in [0.15, 0.2) is 60.9 Å². The summed E-state index contributed by atoms with van der Waals surface area (Å²) in [6, 6.07) is 15.7. The standard InChI is InChI=1S/C26H29N3O4/c30-25(31)8-2-1-5-15-33-24-7-4-3-6-21(24)18-29(23-13-14-23)26(32)20-11-9-19(10-12-20)22-16-27-28-17-22/h3-4,6-7,9-12,16-17,23H,1-2,5,8,13-15,18H2,(H,27,28)(H,30,31). The van der Waals surface area contributed by atoms with Gasteiger partial charge in [-0.3, -0.25) is 14.7 Å². The van der Waals surface area contributed by atoms with Gasteiger partial charge >= 0.3 is 5.97 Å². The van der Waals surface area contributed by atoms with Crippen LogP contribution in [0.25, 0.3) is 11.1 Å². The molecule has 0 atom stereocenters. The molecule has 0 unspecified atom stereocenters. The number of hydrogen-bond acceptors (Lipinski definition) is 4. The molecule has 33 heavy (non-hydrogen) atoms. The smallest absolute Gasteiger partial charge is 0.303 e. The van der Waals surface area contributed by atoms with E-state index in [0.29, 0.717) is 25.1 Å². The van der Waals surface area contributed by atoms with Gasteiger partial charge in [0.15, 0.2) is 0 Å². The second-order valence-corrected chi connectivity index (χ2v) is 8.39. The molecular formula is C26H29N3O4. The predicted molar refractivity (Wildman–Crippen MR) is 125 cm³/mol. The topological polar surface area (TPSA) is 95.5 Å². The first-order valence-electron chi connectivity index (χ1n) is 11.4. The molecule has 1 saturated carbocycles. The summed E-state index contributed by atoms with van der Waals surface area (Å²) in [6.07, 6.45) is 8.09. The monoisotopic (exact) mass is 447 g/mol. The van der Waals surface area contributed by atoms with Crippen LogP contribution in [0.5, 0.6) is 5.75 Å². The van der Waals surface area contributed by atoms with E-state index in [1.807, 2.05) is 59.6 Å². The van der Waals surface area contributed by atoms with Crippen molar-refractivity contribution in [1.82, 2.24) is 15.1 Å². The number of unbranched alkanes of at least 4 members (excludes halogenated alkanes) is 2. The van der Waals surface area contributed by atoms with Crippen molar-refractivity contribution in [3.8, 4) is 16.9 Å². The summed E-state index contributed by atoms with van der Waals surface area (Å²) in [7, 11) is 0. The fraction of sp³-hybridized carbons (Fsp3) is 0.346. The molecule has 1 heterocycles. The average Bonchev–Trinajstić information content (AvgIpc) is 3.52. The molecule has 3 aromatic rings. The highest BCUT2D eigenvalue weighted by Crippen LogP contribution is 2.32. The number of aromatic nitrogens is 2. The number of hydrogen-bond donors (Lipinski definition) is 2. The molecule has 1 aromatic heterocycles. The van der Waals surface area contributed by atoms with Crippen molar-refractivity contribution in [2.45, 2.75) is 51.1 Å². The van der Waals surface area contributed by atoms with Crippen LogP contribution in [-0.2, 0) is 11.3 Å². The molecule has 2 N–H and O–H groups in total. The lowest BCUT2D eigenvalue weighted by Crippen LogP contribution is -2.32. The van der Waals surface area contributed by atoms with E-state index in [4.69, 9.17) is 9.84 Å². The summed E-state index contributed by atoms with van der Waals surface area (Å²) in [5.41, 5.74) is 3.66. The minimum atomic E-state index is -0.762. The summed E-state index contributed by atoms with van der Waals surface area (Å²) in [6.45, 7) is 1.03. The van der Waals surface area contributed by atoms with Crippen molar-refractivity contribution in [3.05, 3.63) is 72.1 Å². The third kappa shape index (κ3) is 6.22. The average molecular weight is 448 g/mol. The van der Waals surface area contributed by atoms with Crippen LogP contribution in [-0.4, -0.2) is 44.7 Å². The fourth-order valence-corrected chi connectivity index (χ4v) is 3.83. The lowest BCUT2D eigenvalue weighted by molar-refractivity contribution is -0.137. The van der Waals surface area contributed by atoms with Crippen LogP contribution in [0.3, 0.4) is 0 Å². The number of aromatic amines is 1. The van der Waals surface area contributed by atoms with E-state index in [2.05, 4.69) is 10.2 Å². The van der Waals surface area contributed by atoms with Gasteiger partial charge in [0.1, 0.15) is 5.75 Å². The van der Waals surface area contributed by atoms with Crippen LogP contribution in [0, 0.1) is 0 Å². The molecule has 7 nitrogen and oxygen atoms in total. The summed E-state index contributed by atoms with van der Waals surface area (Å²) >= 11 is 0. The van der Waals surface area contributed by atoms with Crippen LogP contribution >= 0.6 is 0 Å². The van der Waals surface area contributed by atoms with Gasteiger partial charge in [0.25, 0.3) is 5.91 Å². The van der Waals surface area contributed by atoms with Crippen LogP contribution in [0.4, 0.5) is 0 Å². The number of nitrogens with zero attached hydrogens (tertiary/aromatic N) is 2. The first-order valence-corrected chi connectivity index (χ1v) is 11.4. The molecule has 0 spiro atoms. The zero-order valence-corrected chi connectivity index (χ0v) is 18.6. The van der Waals surface area contributed by atoms with Crippen molar-refractivity contribution in [1.29, 1.82) is 0 Å². The number of carboxylic acid groups (broad SMARTS) is 1. The number of carboxylic acids is 1. The number of benzene rings is 2. The number of rotatable bonds is 12. The fourth-order valence-electron chi connectivity index (χ4n) is 3.83. The van der Waals surface area contributed by atoms with E-state index in [0.717, 1.165) is 48.1 Å². The minimum Gasteiger partial charge on any atom is -0.493 e. The second-order valence-electron chi connectivity index (χ2n) is 8.39. The molecule has 1 fully saturated rings. The van der Waals surface area contributed by atoms with E-state index in [1.165, 1.54) is 0 Å². The quantitative estimate of drug-likeness (QED) is 0.385. The van der Waals surface area contributed by atoms with Crippen molar-refractivity contribution in [2.75, 3.05) is 6.61 Å². The Balaban J connectivity index is 1.39. The van der Waals surface area contributed by atoms with Gasteiger partial charge in [-0.15, -0.1) is 0 Å². The first kappa shape index (κ1) is 22.6. The summed E-state index contributed by atoms with van der Waals surface area (Å²) in [4.78, 5) is 25.9. The second kappa shape index (κ2) is 10.8. The van der Waals surface area contributed by atoms with Crippen molar-refractivity contribution in [2.24, 2.45) is 0 Å². The Morgan fingerprint density at radius 3 is 2.52 bits per heavy atom. The highest BCUT2D eigenvalue weighted by Gasteiger charge is 2.33. The van der Waals surface area contributed by atoms with Gasteiger partial charge in [0.05, 0.1) is 12.8 Å². The van der Waals surface area contributed by atoms with Gasteiger partial charge in [-0.25, -0.2) is 0 Å². The maximum Gasteiger partial charge on any atom is 0.303 e. The highest BCUT2D eigenvalue weighted by molar-refractivity contribution is 5.95.